The van der Waals surface area contributed by atoms with Gasteiger partial charge in [-0.3, -0.25) is 0 Å². The van der Waals surface area contributed by atoms with Crippen molar-refractivity contribution in [2.45, 2.75) is 26.7 Å². The van der Waals surface area contributed by atoms with Crippen LogP contribution in [0.2, 0.25) is 0 Å². The molecule has 0 amide bonds. The van der Waals surface area contributed by atoms with E-state index in [-0.39, 0.29) is 0 Å². The highest BCUT2D eigenvalue weighted by Gasteiger charge is 2.13. The Balaban J connectivity index is 2.20. The SMILES string of the molecule is Cc1ccc(N=C(N)N2CCCC2)c(C)c1. The fraction of sp³-hybridized carbons (Fsp3) is 0.462. The highest BCUT2D eigenvalue weighted by molar-refractivity contribution is 5.81. The van der Waals surface area contributed by atoms with Crippen molar-refractivity contribution >= 4 is 11.6 Å². The molecule has 1 aromatic carbocycles. The molecule has 0 aromatic heterocycles. The van der Waals surface area contributed by atoms with E-state index >= 15 is 0 Å². The van der Waals surface area contributed by atoms with Crippen LogP contribution in [0.3, 0.4) is 0 Å². The van der Waals surface area contributed by atoms with Crippen LogP contribution in [-0.2, 0) is 0 Å². The van der Waals surface area contributed by atoms with Gasteiger partial charge in [0.1, 0.15) is 0 Å². The maximum Gasteiger partial charge on any atom is 0.196 e. The Kier molecular flexibility index (Phi) is 3.13. The normalized spacial score (nSPS) is 16.9. The molecule has 0 unspecified atom stereocenters. The average Bonchev–Trinajstić information content (AvgIpc) is 2.75. The Labute approximate surface area is 97.0 Å². The first-order valence-electron chi connectivity index (χ1n) is 5.83. The molecule has 1 aliphatic rings. The molecule has 1 aromatic rings. The summed E-state index contributed by atoms with van der Waals surface area (Å²) in [4.78, 5) is 6.65. The van der Waals surface area contributed by atoms with Crippen molar-refractivity contribution in [3.8, 4) is 0 Å². The molecule has 0 saturated carbocycles. The van der Waals surface area contributed by atoms with E-state index in [1.807, 2.05) is 6.07 Å². The molecular formula is C13H19N3. The zero-order chi connectivity index (χ0) is 11.5. The molecule has 0 spiro atoms. The summed E-state index contributed by atoms with van der Waals surface area (Å²) in [5.74, 6) is 0.657. The summed E-state index contributed by atoms with van der Waals surface area (Å²) in [6.07, 6.45) is 2.45. The Morgan fingerprint density at radius 2 is 1.94 bits per heavy atom. The summed E-state index contributed by atoms with van der Waals surface area (Å²) in [5.41, 5.74) is 9.42. The number of likely N-dealkylation sites (tertiary alicyclic amines) is 1. The summed E-state index contributed by atoms with van der Waals surface area (Å²) >= 11 is 0. The van der Waals surface area contributed by atoms with Crippen LogP contribution in [0.1, 0.15) is 24.0 Å². The molecule has 1 heterocycles. The Morgan fingerprint density at radius 3 is 2.56 bits per heavy atom. The lowest BCUT2D eigenvalue weighted by Crippen LogP contribution is -2.34. The highest BCUT2D eigenvalue weighted by atomic mass is 15.3. The Morgan fingerprint density at radius 1 is 1.25 bits per heavy atom. The fourth-order valence-electron chi connectivity index (χ4n) is 2.07. The van der Waals surface area contributed by atoms with E-state index in [0.717, 1.165) is 18.8 Å². The molecule has 0 bridgehead atoms. The second kappa shape index (κ2) is 4.56. The van der Waals surface area contributed by atoms with Gasteiger partial charge in [-0.05, 0) is 38.3 Å². The first kappa shape index (κ1) is 11.0. The van der Waals surface area contributed by atoms with Crippen molar-refractivity contribution in [3.63, 3.8) is 0 Å². The minimum absolute atomic E-state index is 0.657. The molecule has 1 saturated heterocycles. The second-order valence-electron chi connectivity index (χ2n) is 4.45. The van der Waals surface area contributed by atoms with Crippen molar-refractivity contribution in [3.05, 3.63) is 29.3 Å². The number of hydrogen-bond acceptors (Lipinski definition) is 1. The number of guanidine groups is 1. The third-order valence-electron chi connectivity index (χ3n) is 3.02. The molecule has 2 rings (SSSR count). The number of hydrogen-bond donors (Lipinski definition) is 1. The Hall–Kier alpha value is -1.51. The fourth-order valence-corrected chi connectivity index (χ4v) is 2.07. The van der Waals surface area contributed by atoms with Crippen LogP contribution < -0.4 is 5.73 Å². The minimum Gasteiger partial charge on any atom is -0.369 e. The van der Waals surface area contributed by atoms with Gasteiger partial charge >= 0.3 is 0 Å². The molecule has 86 valence electrons. The standard InChI is InChI=1S/C13H19N3/c1-10-5-6-12(11(2)9-10)15-13(14)16-7-3-4-8-16/h5-6,9H,3-4,7-8H2,1-2H3,(H2,14,15). The summed E-state index contributed by atoms with van der Waals surface area (Å²) < 4.78 is 0. The van der Waals surface area contributed by atoms with Gasteiger partial charge in [0.15, 0.2) is 5.96 Å². The van der Waals surface area contributed by atoms with E-state index in [2.05, 4.69) is 35.9 Å². The van der Waals surface area contributed by atoms with Gasteiger partial charge in [-0.2, -0.15) is 0 Å². The molecule has 2 N–H and O–H groups in total. The van der Waals surface area contributed by atoms with Gasteiger partial charge in [-0.1, -0.05) is 17.7 Å². The van der Waals surface area contributed by atoms with Gasteiger partial charge in [0.05, 0.1) is 5.69 Å². The Bertz CT molecular complexity index is 404. The van der Waals surface area contributed by atoms with Gasteiger partial charge in [0.25, 0.3) is 0 Å². The predicted molar refractivity (Wildman–Crippen MR) is 68.0 cm³/mol. The number of benzene rings is 1. The van der Waals surface area contributed by atoms with Gasteiger partial charge < -0.3 is 10.6 Å². The van der Waals surface area contributed by atoms with Crippen molar-refractivity contribution in [1.82, 2.24) is 4.90 Å². The number of aliphatic imine (C=N–C) groups is 1. The molecule has 1 fully saturated rings. The number of aryl methyl sites for hydroxylation is 2. The number of nitrogens with zero attached hydrogens (tertiary/aromatic N) is 2. The third-order valence-corrected chi connectivity index (χ3v) is 3.02. The van der Waals surface area contributed by atoms with Crippen LogP contribution in [-0.4, -0.2) is 23.9 Å². The van der Waals surface area contributed by atoms with Crippen LogP contribution in [0.25, 0.3) is 0 Å². The van der Waals surface area contributed by atoms with Gasteiger partial charge in [0.2, 0.25) is 0 Å². The van der Waals surface area contributed by atoms with E-state index in [1.165, 1.54) is 24.0 Å². The van der Waals surface area contributed by atoms with Crippen molar-refractivity contribution < 1.29 is 0 Å². The monoisotopic (exact) mass is 217 g/mol. The van der Waals surface area contributed by atoms with E-state index in [1.54, 1.807) is 0 Å². The smallest absolute Gasteiger partial charge is 0.196 e. The molecule has 1 aliphatic heterocycles. The zero-order valence-corrected chi connectivity index (χ0v) is 10.0. The van der Waals surface area contributed by atoms with E-state index in [4.69, 9.17) is 5.73 Å². The van der Waals surface area contributed by atoms with Crippen LogP contribution >= 0.6 is 0 Å². The van der Waals surface area contributed by atoms with Crippen molar-refractivity contribution in [2.75, 3.05) is 13.1 Å². The lowest BCUT2D eigenvalue weighted by Gasteiger charge is -2.16. The second-order valence-corrected chi connectivity index (χ2v) is 4.45. The van der Waals surface area contributed by atoms with E-state index in [0.29, 0.717) is 5.96 Å². The predicted octanol–water partition coefficient (Wildman–Crippen LogP) is 2.35. The summed E-state index contributed by atoms with van der Waals surface area (Å²) in [7, 11) is 0. The molecule has 3 nitrogen and oxygen atoms in total. The lowest BCUT2D eigenvalue weighted by atomic mass is 10.1. The third kappa shape index (κ3) is 2.35. The molecular weight excluding hydrogens is 198 g/mol. The molecule has 0 aliphatic carbocycles. The maximum absolute atomic E-state index is 5.99. The van der Waals surface area contributed by atoms with Crippen molar-refractivity contribution in [1.29, 1.82) is 0 Å². The molecule has 16 heavy (non-hydrogen) atoms. The molecule has 0 radical (unpaired) electrons. The van der Waals surface area contributed by atoms with Gasteiger partial charge in [-0.25, -0.2) is 4.99 Å². The van der Waals surface area contributed by atoms with E-state index < -0.39 is 0 Å². The van der Waals surface area contributed by atoms with E-state index in [9.17, 15) is 0 Å². The van der Waals surface area contributed by atoms with Crippen LogP contribution in [0, 0.1) is 13.8 Å². The molecule has 3 heteroatoms. The first-order chi connectivity index (χ1) is 7.66. The van der Waals surface area contributed by atoms with Crippen LogP contribution in [0.5, 0.6) is 0 Å². The summed E-state index contributed by atoms with van der Waals surface area (Å²) in [5, 5.41) is 0. The van der Waals surface area contributed by atoms with Gasteiger partial charge in [-0.15, -0.1) is 0 Å². The quantitative estimate of drug-likeness (QED) is 0.579. The lowest BCUT2D eigenvalue weighted by molar-refractivity contribution is 0.513. The molecule has 0 atom stereocenters. The van der Waals surface area contributed by atoms with Gasteiger partial charge in [0, 0.05) is 13.1 Å². The topological polar surface area (TPSA) is 41.6 Å². The average molecular weight is 217 g/mol. The summed E-state index contributed by atoms with van der Waals surface area (Å²) in [6, 6.07) is 6.24. The first-order valence-corrected chi connectivity index (χ1v) is 5.83. The highest BCUT2D eigenvalue weighted by Crippen LogP contribution is 2.20. The van der Waals surface area contributed by atoms with Crippen LogP contribution in [0.4, 0.5) is 5.69 Å². The number of rotatable bonds is 1. The summed E-state index contributed by atoms with van der Waals surface area (Å²) in [6.45, 7) is 6.24. The van der Waals surface area contributed by atoms with Crippen molar-refractivity contribution in [2.24, 2.45) is 10.7 Å². The van der Waals surface area contributed by atoms with Crippen LogP contribution in [0.15, 0.2) is 23.2 Å². The largest absolute Gasteiger partial charge is 0.369 e. The number of nitrogens with two attached hydrogens (primary N) is 1. The maximum atomic E-state index is 5.99. The minimum atomic E-state index is 0.657. The zero-order valence-electron chi connectivity index (χ0n) is 10.0.